The van der Waals surface area contributed by atoms with Crippen LogP contribution in [0.5, 0.6) is 0 Å². The number of hydrogen-bond donors (Lipinski definition) is 0. The monoisotopic (exact) mass is 422 g/mol. The van der Waals surface area contributed by atoms with Crippen molar-refractivity contribution < 1.29 is 8.78 Å². The second-order valence-electron chi connectivity index (χ2n) is 8.00. The molecule has 0 N–H and O–H groups in total. The molecule has 0 unspecified atom stereocenters. The van der Waals surface area contributed by atoms with E-state index in [-0.39, 0.29) is 0 Å². The Morgan fingerprint density at radius 3 is 2.52 bits per heavy atom. The minimum absolute atomic E-state index is 0.447. The van der Waals surface area contributed by atoms with Gasteiger partial charge in [0.2, 0.25) is 5.95 Å². The zero-order valence-corrected chi connectivity index (χ0v) is 17.2. The number of aromatic nitrogens is 3. The van der Waals surface area contributed by atoms with Crippen LogP contribution in [-0.4, -0.2) is 52.6 Å². The summed E-state index contributed by atoms with van der Waals surface area (Å²) in [5.41, 5.74) is 2.64. The first kappa shape index (κ1) is 19.8. The van der Waals surface area contributed by atoms with E-state index in [0.29, 0.717) is 18.7 Å². The Labute approximate surface area is 180 Å². The second kappa shape index (κ2) is 8.55. The standard InChI is InChI=1S/C23H24F2N6/c24-19-5-4-17(20(25)13-19)15-29-8-6-21-18(16-29)14-27-23(28-21)31-11-9-30(10-12-31)22-3-1-2-7-26-22/h1-5,7,13-14H,6,8-12,15-16H2. The Hall–Kier alpha value is -3.13. The fourth-order valence-electron chi connectivity index (χ4n) is 4.22. The second-order valence-corrected chi connectivity index (χ2v) is 8.00. The van der Waals surface area contributed by atoms with Gasteiger partial charge in [-0.25, -0.2) is 23.7 Å². The van der Waals surface area contributed by atoms with Crippen molar-refractivity contribution in [2.45, 2.75) is 19.5 Å². The van der Waals surface area contributed by atoms with Crippen LogP contribution in [-0.2, 0) is 19.5 Å². The largest absolute Gasteiger partial charge is 0.353 e. The van der Waals surface area contributed by atoms with Crippen LogP contribution < -0.4 is 9.80 Å². The maximum absolute atomic E-state index is 14.0. The molecular formula is C23H24F2N6. The maximum atomic E-state index is 14.0. The summed E-state index contributed by atoms with van der Waals surface area (Å²) in [5.74, 6) is 0.734. The zero-order valence-electron chi connectivity index (χ0n) is 17.2. The van der Waals surface area contributed by atoms with Crippen molar-refractivity contribution in [2.24, 2.45) is 0 Å². The highest BCUT2D eigenvalue weighted by Crippen LogP contribution is 2.23. The van der Waals surface area contributed by atoms with E-state index in [1.54, 1.807) is 0 Å². The fourth-order valence-corrected chi connectivity index (χ4v) is 4.22. The average Bonchev–Trinajstić information content (AvgIpc) is 2.81. The molecule has 2 aliphatic heterocycles. The maximum Gasteiger partial charge on any atom is 0.225 e. The van der Waals surface area contributed by atoms with E-state index in [1.165, 1.54) is 12.1 Å². The molecule has 0 saturated carbocycles. The highest BCUT2D eigenvalue weighted by atomic mass is 19.1. The molecule has 8 heteroatoms. The predicted molar refractivity (Wildman–Crippen MR) is 115 cm³/mol. The predicted octanol–water partition coefficient (Wildman–Crippen LogP) is 3.03. The van der Waals surface area contributed by atoms with Gasteiger partial charge in [0.15, 0.2) is 0 Å². The van der Waals surface area contributed by atoms with Crippen LogP contribution in [0.2, 0.25) is 0 Å². The van der Waals surface area contributed by atoms with Gasteiger partial charge in [-0.05, 0) is 18.2 Å². The summed E-state index contributed by atoms with van der Waals surface area (Å²) in [7, 11) is 0. The molecule has 2 aliphatic rings. The van der Waals surface area contributed by atoms with Crippen LogP contribution >= 0.6 is 0 Å². The van der Waals surface area contributed by atoms with E-state index in [9.17, 15) is 8.78 Å². The van der Waals surface area contributed by atoms with Crippen molar-refractivity contribution in [2.75, 3.05) is 42.5 Å². The van der Waals surface area contributed by atoms with Gasteiger partial charge in [-0.1, -0.05) is 12.1 Å². The van der Waals surface area contributed by atoms with E-state index < -0.39 is 11.6 Å². The van der Waals surface area contributed by atoms with E-state index >= 15 is 0 Å². The van der Waals surface area contributed by atoms with Gasteiger partial charge in [0.05, 0.1) is 5.69 Å². The number of pyridine rings is 1. The Kier molecular flexibility index (Phi) is 5.46. The normalized spacial score (nSPS) is 17.0. The lowest BCUT2D eigenvalue weighted by molar-refractivity contribution is 0.239. The summed E-state index contributed by atoms with van der Waals surface area (Å²) >= 11 is 0. The molecule has 2 aromatic heterocycles. The van der Waals surface area contributed by atoms with Gasteiger partial charge in [0.25, 0.3) is 0 Å². The first-order valence-electron chi connectivity index (χ1n) is 10.6. The molecule has 1 fully saturated rings. The van der Waals surface area contributed by atoms with E-state index in [1.807, 2.05) is 30.6 Å². The Bertz CT molecular complexity index is 1050. The number of hydrogen-bond acceptors (Lipinski definition) is 6. The van der Waals surface area contributed by atoms with Gasteiger partial charge in [-0.2, -0.15) is 0 Å². The van der Waals surface area contributed by atoms with Gasteiger partial charge in [-0.15, -0.1) is 0 Å². The van der Waals surface area contributed by atoms with Crippen LogP contribution in [0.25, 0.3) is 0 Å². The zero-order chi connectivity index (χ0) is 21.2. The molecule has 0 bridgehead atoms. The van der Waals surface area contributed by atoms with Gasteiger partial charge < -0.3 is 9.80 Å². The van der Waals surface area contributed by atoms with E-state index in [0.717, 1.165) is 68.2 Å². The Balaban J connectivity index is 1.22. The Morgan fingerprint density at radius 2 is 1.74 bits per heavy atom. The van der Waals surface area contributed by atoms with Gasteiger partial charge in [0.1, 0.15) is 17.5 Å². The minimum Gasteiger partial charge on any atom is -0.353 e. The number of anilines is 2. The van der Waals surface area contributed by atoms with Crippen LogP contribution in [0.15, 0.2) is 48.8 Å². The summed E-state index contributed by atoms with van der Waals surface area (Å²) in [6.45, 7) is 5.37. The number of benzene rings is 1. The van der Waals surface area contributed by atoms with Crippen molar-refractivity contribution in [3.05, 3.63) is 77.2 Å². The summed E-state index contributed by atoms with van der Waals surface area (Å²) < 4.78 is 27.1. The van der Waals surface area contributed by atoms with Crippen LogP contribution in [0.4, 0.5) is 20.5 Å². The smallest absolute Gasteiger partial charge is 0.225 e. The lowest BCUT2D eigenvalue weighted by Gasteiger charge is -2.36. The third-order valence-corrected chi connectivity index (χ3v) is 5.95. The summed E-state index contributed by atoms with van der Waals surface area (Å²) in [4.78, 5) is 20.5. The molecule has 1 aromatic carbocycles. The molecule has 6 nitrogen and oxygen atoms in total. The van der Waals surface area contributed by atoms with E-state index in [2.05, 4.69) is 24.7 Å². The van der Waals surface area contributed by atoms with Crippen molar-refractivity contribution in [1.82, 2.24) is 19.9 Å². The summed E-state index contributed by atoms with van der Waals surface area (Å²) in [6.07, 6.45) is 4.51. The first-order chi connectivity index (χ1) is 15.2. The molecule has 31 heavy (non-hydrogen) atoms. The molecule has 4 heterocycles. The number of halogens is 2. The van der Waals surface area contributed by atoms with Crippen LogP contribution in [0.1, 0.15) is 16.8 Å². The number of nitrogens with zero attached hydrogens (tertiary/aromatic N) is 6. The molecule has 5 rings (SSSR count). The molecule has 160 valence electrons. The van der Waals surface area contributed by atoms with Crippen LogP contribution in [0, 0.1) is 11.6 Å². The molecule has 0 radical (unpaired) electrons. The molecule has 1 saturated heterocycles. The third-order valence-electron chi connectivity index (χ3n) is 5.95. The molecule has 3 aromatic rings. The third kappa shape index (κ3) is 4.34. The van der Waals surface area contributed by atoms with Crippen molar-refractivity contribution in [3.63, 3.8) is 0 Å². The summed E-state index contributed by atoms with van der Waals surface area (Å²) in [5, 5.41) is 0. The van der Waals surface area contributed by atoms with Gasteiger partial charge in [-0.3, -0.25) is 4.90 Å². The molecule has 0 amide bonds. The number of rotatable bonds is 4. The van der Waals surface area contributed by atoms with Gasteiger partial charge >= 0.3 is 0 Å². The lowest BCUT2D eigenvalue weighted by Crippen LogP contribution is -2.47. The number of fused-ring (bicyclic) bond motifs is 1. The first-order valence-corrected chi connectivity index (χ1v) is 10.6. The molecular weight excluding hydrogens is 398 g/mol. The topological polar surface area (TPSA) is 48.4 Å². The molecule has 0 aliphatic carbocycles. The lowest BCUT2D eigenvalue weighted by atomic mass is 10.1. The van der Waals surface area contributed by atoms with Crippen molar-refractivity contribution in [3.8, 4) is 0 Å². The Morgan fingerprint density at radius 1 is 0.903 bits per heavy atom. The molecule has 0 spiro atoms. The average molecular weight is 422 g/mol. The van der Waals surface area contributed by atoms with Crippen molar-refractivity contribution >= 4 is 11.8 Å². The minimum atomic E-state index is -0.549. The van der Waals surface area contributed by atoms with Crippen LogP contribution in [0.3, 0.4) is 0 Å². The van der Waals surface area contributed by atoms with Gasteiger partial charge in [0, 0.05) is 81.8 Å². The highest BCUT2D eigenvalue weighted by Gasteiger charge is 2.23. The number of piperazine rings is 1. The SMILES string of the molecule is Fc1ccc(CN2CCc3nc(N4CCN(c5ccccn5)CC4)ncc3C2)c(F)c1. The fraction of sp³-hybridized carbons (Fsp3) is 0.348. The summed E-state index contributed by atoms with van der Waals surface area (Å²) in [6, 6.07) is 9.74. The molecule has 0 atom stereocenters. The van der Waals surface area contributed by atoms with E-state index in [4.69, 9.17) is 4.98 Å². The highest BCUT2D eigenvalue weighted by molar-refractivity contribution is 5.42. The quantitative estimate of drug-likeness (QED) is 0.644. The van der Waals surface area contributed by atoms with Crippen molar-refractivity contribution in [1.29, 1.82) is 0 Å².